The molecule has 10 heteroatoms. The predicted octanol–water partition coefficient (Wildman–Crippen LogP) is 3.08. The Hall–Kier alpha value is -3.95. The minimum atomic E-state index is -0.516. The van der Waals surface area contributed by atoms with Crippen LogP contribution in [-0.4, -0.2) is 66.8 Å². The van der Waals surface area contributed by atoms with Crippen LogP contribution >= 0.6 is 0 Å². The van der Waals surface area contributed by atoms with Crippen LogP contribution in [0.15, 0.2) is 41.5 Å². The van der Waals surface area contributed by atoms with Gasteiger partial charge in [-0.05, 0) is 52.8 Å². The lowest BCUT2D eigenvalue weighted by Gasteiger charge is -2.36. The number of aryl methyl sites for hydroxylation is 2. The second-order valence-corrected chi connectivity index (χ2v) is 9.88. The fraction of sp³-hybridized carbons (Fsp3) is 0.400. The smallest absolute Gasteiger partial charge is 0.410 e. The minimum absolute atomic E-state index is 0.178. The predicted molar refractivity (Wildman–Crippen MR) is 133 cm³/mol. The van der Waals surface area contributed by atoms with Crippen LogP contribution in [0.1, 0.15) is 32.2 Å². The molecule has 4 aromatic heterocycles. The van der Waals surface area contributed by atoms with E-state index in [1.165, 1.54) is 6.07 Å². The average Bonchev–Trinajstić information content (AvgIpc) is 3.22. The number of carbonyl (C=O) groups is 1. The maximum Gasteiger partial charge on any atom is 0.410 e. The summed E-state index contributed by atoms with van der Waals surface area (Å²) in [6.45, 7) is 11.9. The number of piperazine rings is 1. The molecular formula is C25H29N7O3. The lowest BCUT2D eigenvalue weighted by atomic mass is 10.2. The van der Waals surface area contributed by atoms with E-state index < -0.39 is 5.60 Å². The number of ether oxygens (including phenoxy) is 1. The largest absolute Gasteiger partial charge is 0.444 e. The third kappa shape index (κ3) is 4.55. The van der Waals surface area contributed by atoms with Crippen LogP contribution < -0.4 is 10.5 Å². The average molecular weight is 476 g/mol. The first-order chi connectivity index (χ1) is 16.6. The van der Waals surface area contributed by atoms with Crippen LogP contribution in [0.3, 0.4) is 0 Å². The van der Waals surface area contributed by atoms with E-state index in [1.54, 1.807) is 20.0 Å². The van der Waals surface area contributed by atoms with Crippen molar-refractivity contribution in [2.24, 2.45) is 0 Å². The van der Waals surface area contributed by atoms with Gasteiger partial charge in [-0.3, -0.25) is 14.2 Å². The first-order valence-corrected chi connectivity index (χ1v) is 11.7. The Bertz CT molecular complexity index is 1490. The van der Waals surface area contributed by atoms with Gasteiger partial charge in [-0.25, -0.2) is 14.3 Å². The van der Waals surface area contributed by atoms with E-state index in [-0.39, 0.29) is 11.7 Å². The van der Waals surface area contributed by atoms with E-state index in [0.717, 1.165) is 22.6 Å². The van der Waals surface area contributed by atoms with Crippen molar-refractivity contribution < 1.29 is 9.53 Å². The number of carbonyl (C=O) groups excluding carboxylic acids is 1. The normalized spacial score (nSPS) is 14.7. The Morgan fingerprint density at radius 2 is 1.71 bits per heavy atom. The first-order valence-electron chi connectivity index (χ1n) is 11.7. The number of aromatic nitrogens is 5. The van der Waals surface area contributed by atoms with E-state index in [2.05, 4.69) is 20.0 Å². The zero-order valence-electron chi connectivity index (χ0n) is 20.6. The summed E-state index contributed by atoms with van der Waals surface area (Å²) < 4.78 is 8.80. The molecule has 1 aliphatic heterocycles. The molecular weight excluding hydrogens is 446 g/mol. The molecule has 0 unspecified atom stereocenters. The van der Waals surface area contributed by atoms with Gasteiger partial charge in [-0.1, -0.05) is 0 Å². The molecule has 0 spiro atoms. The van der Waals surface area contributed by atoms with Crippen molar-refractivity contribution in [2.45, 2.75) is 40.2 Å². The van der Waals surface area contributed by atoms with Crippen LogP contribution in [-0.2, 0) is 4.74 Å². The van der Waals surface area contributed by atoms with Crippen molar-refractivity contribution in [3.8, 4) is 11.4 Å². The molecule has 182 valence electrons. The van der Waals surface area contributed by atoms with Crippen LogP contribution in [0.5, 0.6) is 0 Å². The number of fused-ring (bicyclic) bond motifs is 2. The maximum atomic E-state index is 13.0. The SMILES string of the molecule is Cc1cn2nc(-c3cc(=O)n4cc(N5CCN(C(=O)OC(C)(C)C)CC5)ccc4n3)cc2c(C)n1. The summed E-state index contributed by atoms with van der Waals surface area (Å²) in [4.78, 5) is 38.4. The van der Waals surface area contributed by atoms with Crippen molar-refractivity contribution in [3.05, 3.63) is 58.4 Å². The number of hydrogen-bond donors (Lipinski definition) is 0. The van der Waals surface area contributed by atoms with Gasteiger partial charge in [0.2, 0.25) is 0 Å². The summed E-state index contributed by atoms with van der Waals surface area (Å²) in [6.07, 6.45) is 3.37. The van der Waals surface area contributed by atoms with Gasteiger partial charge in [0.15, 0.2) is 0 Å². The summed E-state index contributed by atoms with van der Waals surface area (Å²) >= 11 is 0. The molecule has 5 rings (SSSR count). The minimum Gasteiger partial charge on any atom is -0.444 e. The molecule has 1 aliphatic rings. The zero-order chi connectivity index (χ0) is 24.9. The number of hydrogen-bond acceptors (Lipinski definition) is 7. The lowest BCUT2D eigenvalue weighted by molar-refractivity contribution is 0.0240. The molecule has 1 fully saturated rings. The molecule has 0 atom stereocenters. The number of pyridine rings is 1. The van der Waals surface area contributed by atoms with Gasteiger partial charge in [0.05, 0.1) is 34.5 Å². The summed E-state index contributed by atoms with van der Waals surface area (Å²) in [7, 11) is 0. The van der Waals surface area contributed by atoms with Crippen molar-refractivity contribution >= 4 is 22.9 Å². The van der Waals surface area contributed by atoms with Gasteiger partial charge in [0.25, 0.3) is 5.56 Å². The molecule has 35 heavy (non-hydrogen) atoms. The van der Waals surface area contributed by atoms with Crippen LogP contribution in [0.2, 0.25) is 0 Å². The molecule has 4 aromatic rings. The Kier molecular flexibility index (Phi) is 5.46. The summed E-state index contributed by atoms with van der Waals surface area (Å²) in [5.41, 5.74) is 4.54. The van der Waals surface area contributed by atoms with E-state index in [1.807, 2.05) is 59.0 Å². The Balaban J connectivity index is 1.38. The standard InChI is InChI=1S/C25H29N7O3/c1-16-14-32-21(17(2)26-16)12-20(28-32)19-13-23(33)31-15-18(6-7-22(31)27-19)29-8-10-30(11-9-29)24(34)35-25(3,4)5/h6-7,12-15H,8-11H2,1-5H3. The fourth-order valence-corrected chi connectivity index (χ4v) is 4.30. The van der Waals surface area contributed by atoms with E-state index >= 15 is 0 Å². The van der Waals surface area contributed by atoms with Gasteiger partial charge in [0.1, 0.15) is 16.9 Å². The summed E-state index contributed by atoms with van der Waals surface area (Å²) in [5.74, 6) is 0. The number of amides is 1. The van der Waals surface area contributed by atoms with Crippen LogP contribution in [0, 0.1) is 13.8 Å². The van der Waals surface area contributed by atoms with Gasteiger partial charge in [-0.2, -0.15) is 5.10 Å². The molecule has 0 aliphatic carbocycles. The topological polar surface area (TPSA) is 97.3 Å². The van der Waals surface area contributed by atoms with Crippen molar-refractivity contribution in [3.63, 3.8) is 0 Å². The highest BCUT2D eigenvalue weighted by Gasteiger charge is 2.26. The fourth-order valence-electron chi connectivity index (χ4n) is 4.30. The third-order valence-corrected chi connectivity index (χ3v) is 5.96. The molecule has 0 bridgehead atoms. The van der Waals surface area contributed by atoms with Gasteiger partial charge >= 0.3 is 6.09 Å². The second kappa shape index (κ2) is 8.37. The van der Waals surface area contributed by atoms with E-state index in [0.29, 0.717) is 43.2 Å². The quantitative estimate of drug-likeness (QED) is 0.439. The Morgan fingerprint density at radius 3 is 2.43 bits per heavy atom. The van der Waals surface area contributed by atoms with E-state index in [4.69, 9.17) is 4.74 Å². The number of anilines is 1. The molecule has 5 heterocycles. The highest BCUT2D eigenvalue weighted by molar-refractivity contribution is 5.69. The third-order valence-electron chi connectivity index (χ3n) is 5.96. The van der Waals surface area contributed by atoms with Gasteiger partial charge in [0, 0.05) is 38.4 Å². The lowest BCUT2D eigenvalue weighted by Crippen LogP contribution is -2.50. The summed E-state index contributed by atoms with van der Waals surface area (Å²) in [5, 5.41) is 4.60. The molecule has 0 saturated carbocycles. The highest BCUT2D eigenvalue weighted by Crippen LogP contribution is 2.22. The number of nitrogens with zero attached hydrogens (tertiary/aromatic N) is 7. The van der Waals surface area contributed by atoms with Crippen LogP contribution in [0.25, 0.3) is 22.6 Å². The van der Waals surface area contributed by atoms with Crippen molar-refractivity contribution in [1.29, 1.82) is 0 Å². The molecule has 0 radical (unpaired) electrons. The molecule has 10 nitrogen and oxygen atoms in total. The molecule has 0 aromatic carbocycles. The zero-order valence-corrected chi connectivity index (χ0v) is 20.6. The molecule has 0 N–H and O–H groups in total. The number of rotatable bonds is 2. The van der Waals surface area contributed by atoms with Gasteiger partial charge in [-0.15, -0.1) is 0 Å². The second-order valence-electron chi connectivity index (χ2n) is 9.88. The molecule has 1 saturated heterocycles. The van der Waals surface area contributed by atoms with Crippen molar-refractivity contribution in [1.82, 2.24) is 28.9 Å². The van der Waals surface area contributed by atoms with Crippen molar-refractivity contribution in [2.75, 3.05) is 31.1 Å². The first kappa shape index (κ1) is 22.8. The molecule has 1 amide bonds. The highest BCUT2D eigenvalue weighted by atomic mass is 16.6. The monoisotopic (exact) mass is 475 g/mol. The Morgan fingerprint density at radius 1 is 0.971 bits per heavy atom. The van der Waals surface area contributed by atoms with Crippen LogP contribution in [0.4, 0.5) is 10.5 Å². The Labute approximate surface area is 202 Å². The van der Waals surface area contributed by atoms with Gasteiger partial charge < -0.3 is 14.5 Å². The summed E-state index contributed by atoms with van der Waals surface area (Å²) in [6, 6.07) is 7.20. The maximum absolute atomic E-state index is 13.0. The van der Waals surface area contributed by atoms with E-state index in [9.17, 15) is 9.59 Å².